The number of hydrogen-bond donors (Lipinski definition) is 0. The Morgan fingerprint density at radius 2 is 2.00 bits per heavy atom. The first-order valence-corrected chi connectivity index (χ1v) is 6.58. The minimum atomic E-state index is -0.308. The van der Waals surface area contributed by atoms with E-state index < -0.39 is 0 Å². The van der Waals surface area contributed by atoms with E-state index in [2.05, 4.69) is 39.7 Å². The smallest absolute Gasteiger partial charge is 0.399 e. The Morgan fingerprint density at radius 3 is 2.50 bits per heavy atom. The molecule has 1 aromatic rings. The fourth-order valence-corrected chi connectivity index (χ4v) is 2.57. The minimum absolute atomic E-state index is 0.262. The minimum Gasteiger partial charge on any atom is -0.399 e. The molecule has 1 fully saturated rings. The van der Waals surface area contributed by atoms with Gasteiger partial charge < -0.3 is 9.31 Å². The Bertz CT molecular complexity index is 430. The fraction of sp³-hybridized carbons (Fsp3) is 0.769. The van der Waals surface area contributed by atoms with E-state index in [1.807, 2.05) is 19.4 Å². The molecule has 100 valence electrons. The first-order chi connectivity index (χ1) is 8.23. The molecule has 2 rings (SSSR count). The number of hydrogen-bond acceptors (Lipinski definition) is 3. The second-order valence-corrected chi connectivity index (χ2v) is 6.35. The van der Waals surface area contributed by atoms with Crippen molar-refractivity contribution in [3.05, 3.63) is 12.4 Å². The molecular weight excluding hydrogens is 227 g/mol. The molecule has 1 aromatic heterocycles. The van der Waals surface area contributed by atoms with Gasteiger partial charge >= 0.3 is 7.12 Å². The van der Waals surface area contributed by atoms with Crippen LogP contribution in [0.25, 0.3) is 0 Å². The molecule has 0 saturated carbocycles. The first kappa shape index (κ1) is 13.6. The number of rotatable bonds is 3. The third kappa shape index (κ3) is 2.34. The first-order valence-electron chi connectivity index (χ1n) is 6.58. The van der Waals surface area contributed by atoms with Crippen molar-refractivity contribution in [1.29, 1.82) is 0 Å². The second kappa shape index (κ2) is 4.39. The Balaban J connectivity index is 2.21. The van der Waals surface area contributed by atoms with Crippen molar-refractivity contribution in [2.45, 2.75) is 52.2 Å². The summed E-state index contributed by atoms with van der Waals surface area (Å²) in [7, 11) is 1.59. The van der Waals surface area contributed by atoms with E-state index in [9.17, 15) is 0 Å². The van der Waals surface area contributed by atoms with Gasteiger partial charge in [-0.15, -0.1) is 0 Å². The molecule has 5 heteroatoms. The van der Waals surface area contributed by atoms with Crippen LogP contribution in [0.15, 0.2) is 12.4 Å². The topological polar surface area (TPSA) is 36.3 Å². The maximum atomic E-state index is 6.20. The average molecular weight is 250 g/mol. The quantitative estimate of drug-likeness (QED) is 0.767. The summed E-state index contributed by atoms with van der Waals surface area (Å²) < 4.78 is 14.1. The summed E-state index contributed by atoms with van der Waals surface area (Å²) in [5.41, 5.74) is 0.428. The van der Waals surface area contributed by atoms with Gasteiger partial charge in [0.15, 0.2) is 0 Å². The molecule has 0 bridgehead atoms. The summed E-state index contributed by atoms with van der Waals surface area (Å²) in [4.78, 5) is 0. The summed E-state index contributed by atoms with van der Waals surface area (Å²) in [6.07, 6.45) is 4.74. The van der Waals surface area contributed by atoms with Gasteiger partial charge in [0.2, 0.25) is 0 Å². The van der Waals surface area contributed by atoms with Crippen LogP contribution in [0.1, 0.15) is 41.0 Å². The largest absolute Gasteiger partial charge is 0.498 e. The molecular formula is C13H23BN2O2. The van der Waals surface area contributed by atoms with E-state index >= 15 is 0 Å². The van der Waals surface area contributed by atoms with E-state index in [1.54, 1.807) is 4.68 Å². The van der Waals surface area contributed by atoms with Crippen molar-refractivity contribution >= 4 is 12.6 Å². The Kier molecular flexibility index (Phi) is 3.32. The molecule has 2 heterocycles. The second-order valence-electron chi connectivity index (χ2n) is 6.35. The van der Waals surface area contributed by atoms with Crippen LogP contribution in [-0.4, -0.2) is 28.1 Å². The van der Waals surface area contributed by atoms with E-state index in [4.69, 9.17) is 9.31 Å². The molecule has 0 aliphatic carbocycles. The summed E-state index contributed by atoms with van der Waals surface area (Å²) in [5, 5.41) is 4.17. The average Bonchev–Trinajstić information content (AvgIpc) is 2.69. The van der Waals surface area contributed by atoms with Crippen LogP contribution in [0.5, 0.6) is 0 Å². The van der Waals surface area contributed by atoms with Gasteiger partial charge in [0.1, 0.15) is 0 Å². The molecule has 1 saturated heterocycles. The van der Waals surface area contributed by atoms with Crippen molar-refractivity contribution < 1.29 is 9.31 Å². The molecule has 4 nitrogen and oxygen atoms in total. The van der Waals surface area contributed by atoms with Crippen LogP contribution in [-0.2, 0) is 16.4 Å². The third-order valence-corrected chi connectivity index (χ3v) is 3.84. The zero-order chi connectivity index (χ0) is 13.6. The third-order valence-electron chi connectivity index (χ3n) is 3.84. The lowest BCUT2D eigenvalue weighted by Gasteiger charge is -2.37. The van der Waals surface area contributed by atoms with Crippen LogP contribution in [0.2, 0.25) is 0 Å². The fourth-order valence-electron chi connectivity index (χ4n) is 2.57. The molecule has 0 spiro atoms. The van der Waals surface area contributed by atoms with Gasteiger partial charge in [-0.05, 0) is 33.1 Å². The van der Waals surface area contributed by atoms with E-state index in [-0.39, 0.29) is 18.3 Å². The lowest BCUT2D eigenvalue weighted by atomic mass is 9.81. The van der Waals surface area contributed by atoms with Crippen molar-refractivity contribution in [3.63, 3.8) is 0 Å². The van der Waals surface area contributed by atoms with Gasteiger partial charge in [0.05, 0.1) is 11.2 Å². The van der Waals surface area contributed by atoms with E-state index in [1.165, 1.54) is 0 Å². The Morgan fingerprint density at radius 1 is 1.33 bits per heavy atom. The highest BCUT2D eigenvalue weighted by atomic mass is 16.7. The summed E-state index contributed by atoms with van der Waals surface area (Å²) in [6.45, 7) is 10.8. The highest BCUT2D eigenvalue weighted by molar-refractivity contribution is 6.62. The zero-order valence-corrected chi connectivity index (χ0v) is 12.2. The van der Waals surface area contributed by atoms with Gasteiger partial charge in [-0.2, -0.15) is 5.10 Å². The molecule has 0 N–H and O–H groups in total. The van der Waals surface area contributed by atoms with Crippen LogP contribution in [0, 0.1) is 5.92 Å². The SMILES string of the molecule is CC(C)CC1(C)OB(c2cnn(C)c2)OC1(C)C. The highest BCUT2D eigenvalue weighted by Gasteiger charge is 2.54. The Labute approximate surface area is 110 Å². The molecule has 18 heavy (non-hydrogen) atoms. The summed E-state index contributed by atoms with van der Waals surface area (Å²) >= 11 is 0. The van der Waals surface area contributed by atoms with Crippen molar-refractivity contribution in [1.82, 2.24) is 9.78 Å². The molecule has 1 aliphatic rings. The molecule has 0 radical (unpaired) electrons. The van der Waals surface area contributed by atoms with Crippen LogP contribution < -0.4 is 5.46 Å². The van der Waals surface area contributed by atoms with Gasteiger partial charge in [0, 0.05) is 24.9 Å². The van der Waals surface area contributed by atoms with Crippen LogP contribution in [0.3, 0.4) is 0 Å². The maximum Gasteiger partial charge on any atom is 0.498 e. The molecule has 1 atom stereocenters. The molecule has 1 unspecified atom stereocenters. The standard InChI is InChI=1S/C13H23BN2O2/c1-10(2)7-13(5)12(3,4)17-14(18-13)11-8-15-16(6)9-11/h8-10H,7H2,1-6H3. The van der Waals surface area contributed by atoms with Crippen molar-refractivity contribution in [3.8, 4) is 0 Å². The van der Waals surface area contributed by atoms with E-state index in [0.717, 1.165) is 11.9 Å². The normalized spacial score (nSPS) is 27.2. The Hall–Kier alpha value is -0.805. The van der Waals surface area contributed by atoms with Crippen molar-refractivity contribution in [2.24, 2.45) is 13.0 Å². The summed E-state index contributed by atoms with van der Waals surface area (Å²) in [5.74, 6) is 0.575. The van der Waals surface area contributed by atoms with Gasteiger partial charge in [0.25, 0.3) is 0 Å². The van der Waals surface area contributed by atoms with Gasteiger partial charge in [-0.25, -0.2) is 0 Å². The highest BCUT2D eigenvalue weighted by Crippen LogP contribution is 2.41. The van der Waals surface area contributed by atoms with Crippen molar-refractivity contribution in [2.75, 3.05) is 0 Å². The van der Waals surface area contributed by atoms with E-state index in [0.29, 0.717) is 5.92 Å². The predicted molar refractivity (Wildman–Crippen MR) is 72.7 cm³/mol. The number of aromatic nitrogens is 2. The van der Waals surface area contributed by atoms with Gasteiger partial charge in [-0.1, -0.05) is 13.8 Å². The molecule has 0 amide bonds. The number of nitrogens with zero attached hydrogens (tertiary/aromatic N) is 2. The lowest BCUT2D eigenvalue weighted by Crippen LogP contribution is -2.45. The monoisotopic (exact) mass is 250 g/mol. The predicted octanol–water partition coefficient (Wildman–Crippen LogP) is 1.75. The zero-order valence-electron chi connectivity index (χ0n) is 12.2. The summed E-state index contributed by atoms with van der Waals surface area (Å²) in [6, 6.07) is 0. The van der Waals surface area contributed by atoms with Crippen LogP contribution in [0.4, 0.5) is 0 Å². The van der Waals surface area contributed by atoms with Crippen LogP contribution >= 0.6 is 0 Å². The number of aryl methyl sites for hydroxylation is 1. The molecule has 0 aromatic carbocycles. The molecule has 1 aliphatic heterocycles. The lowest BCUT2D eigenvalue weighted by molar-refractivity contribution is -0.0239. The maximum absolute atomic E-state index is 6.20. The van der Waals surface area contributed by atoms with Gasteiger partial charge in [-0.3, -0.25) is 4.68 Å².